The minimum atomic E-state index is 0.0368. The van der Waals surface area contributed by atoms with Gasteiger partial charge in [-0.1, -0.05) is 12.1 Å². The largest absolute Gasteiger partial charge is 0.497 e. The van der Waals surface area contributed by atoms with Gasteiger partial charge in [-0.05, 0) is 68.8 Å². The van der Waals surface area contributed by atoms with Gasteiger partial charge in [-0.15, -0.1) is 0 Å². The number of methoxy groups -OCH3 is 1. The highest BCUT2D eigenvalue weighted by Crippen LogP contribution is 2.17. The monoisotopic (exact) mass is 345 g/mol. The van der Waals surface area contributed by atoms with Crippen LogP contribution in [0.15, 0.2) is 24.3 Å². The van der Waals surface area contributed by atoms with Gasteiger partial charge in [0.25, 0.3) is 0 Å². The lowest BCUT2D eigenvalue weighted by atomic mass is 9.97. The average molecular weight is 345 g/mol. The van der Waals surface area contributed by atoms with Crippen LogP contribution >= 0.6 is 0 Å². The molecule has 1 amide bonds. The first-order chi connectivity index (χ1) is 12.2. The SMILES string of the molecule is COc1ccc(CCN2CCCC(CNC(=O)C3CCCN3)C2)cc1. The molecule has 2 fully saturated rings. The normalized spacial score (nSPS) is 24.2. The number of piperidine rings is 1. The predicted octanol–water partition coefficient (Wildman–Crippen LogP) is 1.82. The maximum Gasteiger partial charge on any atom is 0.237 e. The second kappa shape index (κ2) is 9.20. The van der Waals surface area contributed by atoms with E-state index in [1.807, 2.05) is 12.1 Å². The van der Waals surface area contributed by atoms with Crippen molar-refractivity contribution in [1.29, 1.82) is 0 Å². The molecule has 0 bridgehead atoms. The highest BCUT2D eigenvalue weighted by molar-refractivity contribution is 5.81. The summed E-state index contributed by atoms with van der Waals surface area (Å²) < 4.78 is 5.21. The van der Waals surface area contributed by atoms with Crippen LogP contribution in [0.2, 0.25) is 0 Å². The molecule has 0 radical (unpaired) electrons. The van der Waals surface area contributed by atoms with E-state index in [4.69, 9.17) is 4.74 Å². The summed E-state index contributed by atoms with van der Waals surface area (Å²) in [6.45, 7) is 5.14. The Morgan fingerprint density at radius 3 is 2.84 bits per heavy atom. The Bertz CT molecular complexity index is 540. The predicted molar refractivity (Wildman–Crippen MR) is 99.9 cm³/mol. The van der Waals surface area contributed by atoms with Gasteiger partial charge in [0.15, 0.2) is 0 Å². The number of benzene rings is 1. The number of likely N-dealkylation sites (tertiary alicyclic amines) is 1. The Kier molecular flexibility index (Phi) is 6.70. The zero-order valence-corrected chi connectivity index (χ0v) is 15.3. The Morgan fingerprint density at radius 1 is 1.28 bits per heavy atom. The molecule has 2 unspecified atom stereocenters. The number of ether oxygens (including phenoxy) is 1. The van der Waals surface area contributed by atoms with Gasteiger partial charge in [0, 0.05) is 19.6 Å². The first kappa shape index (κ1) is 18.2. The molecule has 5 heteroatoms. The fourth-order valence-electron chi connectivity index (χ4n) is 3.88. The zero-order chi connectivity index (χ0) is 17.5. The Hall–Kier alpha value is -1.59. The van der Waals surface area contributed by atoms with Crippen molar-refractivity contribution in [3.8, 4) is 5.75 Å². The Labute approximate surface area is 151 Å². The third kappa shape index (κ3) is 5.44. The number of nitrogens with one attached hydrogen (secondary N) is 2. The highest BCUT2D eigenvalue weighted by atomic mass is 16.5. The van der Waals surface area contributed by atoms with Crippen molar-refractivity contribution in [3.63, 3.8) is 0 Å². The van der Waals surface area contributed by atoms with Crippen LogP contribution < -0.4 is 15.4 Å². The molecule has 2 saturated heterocycles. The number of hydrogen-bond acceptors (Lipinski definition) is 4. The molecule has 2 atom stereocenters. The number of nitrogens with zero attached hydrogens (tertiary/aromatic N) is 1. The van der Waals surface area contributed by atoms with Crippen LogP contribution in [0.3, 0.4) is 0 Å². The van der Waals surface area contributed by atoms with Gasteiger partial charge in [0.2, 0.25) is 5.91 Å². The van der Waals surface area contributed by atoms with E-state index in [1.54, 1.807) is 7.11 Å². The molecular weight excluding hydrogens is 314 g/mol. The van der Waals surface area contributed by atoms with E-state index in [0.29, 0.717) is 5.92 Å². The highest BCUT2D eigenvalue weighted by Gasteiger charge is 2.24. The van der Waals surface area contributed by atoms with E-state index in [9.17, 15) is 4.79 Å². The summed E-state index contributed by atoms with van der Waals surface area (Å²) in [5, 5.41) is 6.43. The maximum atomic E-state index is 12.1. The van der Waals surface area contributed by atoms with Gasteiger partial charge in [0.05, 0.1) is 13.2 Å². The van der Waals surface area contributed by atoms with Crippen LogP contribution in [0.25, 0.3) is 0 Å². The lowest BCUT2D eigenvalue weighted by molar-refractivity contribution is -0.123. The summed E-state index contributed by atoms with van der Waals surface area (Å²) in [4.78, 5) is 14.7. The molecule has 2 heterocycles. The summed E-state index contributed by atoms with van der Waals surface area (Å²) >= 11 is 0. The van der Waals surface area contributed by atoms with Gasteiger partial charge in [0.1, 0.15) is 5.75 Å². The van der Waals surface area contributed by atoms with E-state index in [2.05, 4.69) is 27.7 Å². The molecule has 138 valence electrons. The van der Waals surface area contributed by atoms with E-state index in [1.165, 1.54) is 24.9 Å². The number of amides is 1. The summed E-state index contributed by atoms with van der Waals surface area (Å²) in [6, 6.07) is 8.39. The minimum absolute atomic E-state index is 0.0368. The average Bonchev–Trinajstić information content (AvgIpc) is 3.20. The van der Waals surface area contributed by atoms with Gasteiger partial charge in [-0.25, -0.2) is 0 Å². The molecular formula is C20H31N3O2. The second-order valence-corrected chi connectivity index (χ2v) is 7.30. The molecule has 2 N–H and O–H groups in total. The van der Waals surface area contributed by atoms with Crippen molar-refractivity contribution in [2.75, 3.05) is 39.8 Å². The van der Waals surface area contributed by atoms with Crippen molar-refractivity contribution in [2.24, 2.45) is 5.92 Å². The molecule has 5 nitrogen and oxygen atoms in total. The number of hydrogen-bond donors (Lipinski definition) is 2. The fraction of sp³-hybridized carbons (Fsp3) is 0.650. The molecule has 2 aliphatic rings. The quantitative estimate of drug-likeness (QED) is 0.791. The third-order valence-corrected chi connectivity index (χ3v) is 5.42. The van der Waals surface area contributed by atoms with Crippen molar-refractivity contribution < 1.29 is 9.53 Å². The second-order valence-electron chi connectivity index (χ2n) is 7.30. The molecule has 3 rings (SSSR count). The molecule has 0 saturated carbocycles. The maximum absolute atomic E-state index is 12.1. The molecule has 0 spiro atoms. The van der Waals surface area contributed by atoms with Crippen LogP contribution in [0, 0.1) is 5.92 Å². The van der Waals surface area contributed by atoms with Crippen molar-refractivity contribution in [3.05, 3.63) is 29.8 Å². The van der Waals surface area contributed by atoms with E-state index < -0.39 is 0 Å². The Morgan fingerprint density at radius 2 is 2.12 bits per heavy atom. The summed E-state index contributed by atoms with van der Waals surface area (Å²) in [7, 11) is 1.70. The van der Waals surface area contributed by atoms with Crippen molar-refractivity contribution in [1.82, 2.24) is 15.5 Å². The van der Waals surface area contributed by atoms with Crippen LogP contribution in [-0.4, -0.2) is 56.7 Å². The van der Waals surface area contributed by atoms with Gasteiger partial charge in [-0.3, -0.25) is 4.79 Å². The van der Waals surface area contributed by atoms with Gasteiger partial charge < -0.3 is 20.3 Å². The van der Waals surface area contributed by atoms with Crippen molar-refractivity contribution in [2.45, 2.75) is 38.1 Å². The number of carbonyl (C=O) groups excluding carboxylic acids is 1. The molecule has 1 aromatic rings. The van der Waals surface area contributed by atoms with Gasteiger partial charge >= 0.3 is 0 Å². The topological polar surface area (TPSA) is 53.6 Å². The van der Waals surface area contributed by atoms with Crippen molar-refractivity contribution >= 4 is 5.91 Å². The van der Waals surface area contributed by atoms with Crippen LogP contribution in [-0.2, 0) is 11.2 Å². The van der Waals surface area contributed by atoms with Crippen LogP contribution in [0.1, 0.15) is 31.2 Å². The lowest BCUT2D eigenvalue weighted by Gasteiger charge is -2.33. The fourth-order valence-corrected chi connectivity index (χ4v) is 3.88. The van der Waals surface area contributed by atoms with E-state index in [0.717, 1.165) is 51.2 Å². The van der Waals surface area contributed by atoms with Crippen LogP contribution in [0.5, 0.6) is 5.75 Å². The van der Waals surface area contributed by atoms with E-state index >= 15 is 0 Å². The molecule has 25 heavy (non-hydrogen) atoms. The number of carbonyl (C=O) groups is 1. The smallest absolute Gasteiger partial charge is 0.237 e. The summed E-state index contributed by atoms with van der Waals surface area (Å²) in [5.74, 6) is 1.68. The summed E-state index contributed by atoms with van der Waals surface area (Å²) in [5.41, 5.74) is 1.35. The minimum Gasteiger partial charge on any atom is -0.497 e. The first-order valence-corrected chi connectivity index (χ1v) is 9.61. The molecule has 2 aliphatic heterocycles. The van der Waals surface area contributed by atoms with Gasteiger partial charge in [-0.2, -0.15) is 0 Å². The molecule has 0 aliphatic carbocycles. The van der Waals surface area contributed by atoms with Crippen LogP contribution in [0.4, 0.5) is 0 Å². The lowest BCUT2D eigenvalue weighted by Crippen LogP contribution is -2.45. The molecule has 0 aromatic heterocycles. The first-order valence-electron chi connectivity index (χ1n) is 9.61. The number of rotatable bonds is 7. The summed E-state index contributed by atoms with van der Waals surface area (Å²) in [6.07, 6.45) is 5.60. The zero-order valence-electron chi connectivity index (χ0n) is 15.3. The van der Waals surface area contributed by atoms with E-state index in [-0.39, 0.29) is 11.9 Å². The Balaban J connectivity index is 1.39. The third-order valence-electron chi connectivity index (χ3n) is 5.42. The standard InChI is InChI=1S/C20H31N3O2/c1-25-18-8-6-16(7-9-18)10-13-23-12-3-4-17(15-23)14-22-20(24)19-5-2-11-21-19/h6-9,17,19,21H,2-5,10-15H2,1H3,(H,22,24). The molecule has 1 aromatic carbocycles.